The number of nitrogens with two attached hydrogens (primary N) is 1. The van der Waals surface area contributed by atoms with Crippen molar-refractivity contribution < 1.29 is 9.53 Å². The lowest BCUT2D eigenvalue weighted by atomic mass is 10.1. The molecule has 0 aliphatic carbocycles. The van der Waals surface area contributed by atoms with Gasteiger partial charge in [0.1, 0.15) is 17.7 Å². The number of piperazine rings is 1. The third-order valence-electron chi connectivity index (χ3n) is 5.40. The summed E-state index contributed by atoms with van der Waals surface area (Å²) >= 11 is 0. The second kappa shape index (κ2) is 9.46. The molecule has 3 heterocycles. The predicted molar refractivity (Wildman–Crippen MR) is 118 cm³/mol. The number of anilines is 1. The molecule has 1 unspecified atom stereocenters. The van der Waals surface area contributed by atoms with Gasteiger partial charge in [-0.1, -0.05) is 0 Å². The topological polar surface area (TPSA) is 118 Å². The van der Waals surface area contributed by atoms with Crippen LogP contribution in [0, 0.1) is 0 Å². The van der Waals surface area contributed by atoms with Crippen molar-refractivity contribution in [2.75, 3.05) is 51.1 Å². The summed E-state index contributed by atoms with van der Waals surface area (Å²) in [7, 11) is 0. The maximum absolute atomic E-state index is 12.5. The van der Waals surface area contributed by atoms with Crippen LogP contribution in [-0.2, 0) is 0 Å². The van der Waals surface area contributed by atoms with E-state index in [1.807, 2.05) is 31.2 Å². The molecule has 2 saturated heterocycles. The van der Waals surface area contributed by atoms with Gasteiger partial charge in [-0.05, 0) is 37.3 Å². The Morgan fingerprint density at radius 2 is 1.97 bits per heavy atom. The number of carbonyl (C=O) groups is 1. The molecule has 10 heteroatoms. The zero-order chi connectivity index (χ0) is 21.8. The van der Waals surface area contributed by atoms with Crippen LogP contribution in [0.25, 0.3) is 5.69 Å². The van der Waals surface area contributed by atoms with Crippen molar-refractivity contribution in [1.29, 1.82) is 0 Å². The van der Waals surface area contributed by atoms with Crippen LogP contribution < -0.4 is 26.8 Å². The standard InChI is InChI=1S/C21H29N7O3/c1-15(12-26-13-16(22)14-26)31-18-4-2-17(3-5-18)28-9-6-19(25-21(28)30)24-20(29)27-10-7-23-8-11-27/h2-6,9,15-16,23H,7-8,10-14,22H2,1H3,(H,24,25,29,30). The van der Waals surface area contributed by atoms with Crippen LogP contribution in [0.2, 0.25) is 0 Å². The number of urea groups is 1. The highest BCUT2D eigenvalue weighted by Crippen LogP contribution is 2.17. The molecule has 166 valence electrons. The van der Waals surface area contributed by atoms with E-state index in [9.17, 15) is 9.59 Å². The molecule has 0 spiro atoms. The summed E-state index contributed by atoms with van der Waals surface area (Å²) in [5.74, 6) is 0.978. The Hall–Kier alpha value is -2.95. The molecule has 31 heavy (non-hydrogen) atoms. The van der Waals surface area contributed by atoms with Crippen LogP contribution in [0.4, 0.5) is 10.6 Å². The van der Waals surface area contributed by atoms with E-state index in [0.717, 1.165) is 38.5 Å². The van der Waals surface area contributed by atoms with Crippen LogP contribution >= 0.6 is 0 Å². The number of carbonyl (C=O) groups excluding carboxylic acids is 1. The third-order valence-corrected chi connectivity index (χ3v) is 5.40. The van der Waals surface area contributed by atoms with E-state index < -0.39 is 5.69 Å². The van der Waals surface area contributed by atoms with Crippen molar-refractivity contribution in [2.24, 2.45) is 5.73 Å². The van der Waals surface area contributed by atoms with Crippen LogP contribution in [0.3, 0.4) is 0 Å². The van der Waals surface area contributed by atoms with E-state index in [1.165, 1.54) is 4.57 Å². The summed E-state index contributed by atoms with van der Waals surface area (Å²) in [6.07, 6.45) is 1.65. The number of amides is 2. The molecule has 0 bridgehead atoms. The Kier molecular flexibility index (Phi) is 6.50. The number of rotatable bonds is 6. The molecular formula is C21H29N7O3. The van der Waals surface area contributed by atoms with Crippen molar-refractivity contribution in [3.63, 3.8) is 0 Å². The van der Waals surface area contributed by atoms with Gasteiger partial charge in [-0.3, -0.25) is 14.8 Å². The van der Waals surface area contributed by atoms with Crippen LogP contribution in [0.1, 0.15) is 6.92 Å². The third kappa shape index (κ3) is 5.40. The maximum Gasteiger partial charge on any atom is 0.354 e. The fourth-order valence-electron chi connectivity index (χ4n) is 3.80. The van der Waals surface area contributed by atoms with Crippen LogP contribution in [0.5, 0.6) is 5.75 Å². The number of benzene rings is 1. The van der Waals surface area contributed by atoms with Crippen molar-refractivity contribution in [2.45, 2.75) is 19.1 Å². The van der Waals surface area contributed by atoms with Crippen LogP contribution in [0.15, 0.2) is 41.3 Å². The molecule has 1 atom stereocenters. The van der Waals surface area contributed by atoms with Crippen LogP contribution in [-0.4, -0.2) is 83.3 Å². The van der Waals surface area contributed by atoms with Gasteiger partial charge >= 0.3 is 11.7 Å². The molecule has 2 fully saturated rings. The van der Waals surface area contributed by atoms with Gasteiger partial charge in [0, 0.05) is 58.1 Å². The second-order valence-electron chi connectivity index (χ2n) is 8.03. The van der Waals surface area contributed by atoms with Gasteiger partial charge in [-0.2, -0.15) is 4.98 Å². The van der Waals surface area contributed by atoms with Gasteiger partial charge in [0.25, 0.3) is 0 Å². The first-order valence-corrected chi connectivity index (χ1v) is 10.6. The molecule has 2 amide bonds. The summed E-state index contributed by atoms with van der Waals surface area (Å²) in [5, 5.41) is 5.88. The highest BCUT2D eigenvalue weighted by atomic mass is 16.5. The molecule has 0 radical (unpaired) electrons. The summed E-state index contributed by atoms with van der Waals surface area (Å²) in [5.41, 5.74) is 6.02. The molecular weight excluding hydrogens is 398 g/mol. The minimum atomic E-state index is -0.464. The summed E-state index contributed by atoms with van der Waals surface area (Å²) < 4.78 is 7.38. The lowest BCUT2D eigenvalue weighted by molar-refractivity contribution is 0.0878. The molecule has 2 aromatic rings. The first kappa shape index (κ1) is 21.3. The Morgan fingerprint density at radius 3 is 2.61 bits per heavy atom. The Morgan fingerprint density at radius 1 is 1.26 bits per heavy atom. The predicted octanol–water partition coefficient (Wildman–Crippen LogP) is 0.0798. The molecule has 1 aromatic carbocycles. The molecule has 2 aliphatic rings. The lowest BCUT2D eigenvalue weighted by Gasteiger charge is -2.38. The minimum absolute atomic E-state index is 0.0429. The summed E-state index contributed by atoms with van der Waals surface area (Å²) in [6.45, 7) is 7.45. The smallest absolute Gasteiger partial charge is 0.354 e. The highest BCUT2D eigenvalue weighted by molar-refractivity contribution is 5.88. The number of aromatic nitrogens is 2. The molecule has 10 nitrogen and oxygen atoms in total. The fourth-order valence-corrected chi connectivity index (χ4v) is 3.80. The van der Waals surface area contributed by atoms with Gasteiger partial charge in [-0.25, -0.2) is 9.59 Å². The van der Waals surface area contributed by atoms with Crippen molar-refractivity contribution in [3.8, 4) is 11.4 Å². The van der Waals surface area contributed by atoms with Gasteiger partial charge in [0.05, 0.1) is 5.69 Å². The number of ether oxygens (including phenoxy) is 1. The molecule has 4 N–H and O–H groups in total. The quantitative estimate of drug-likeness (QED) is 0.598. The Labute approximate surface area is 181 Å². The average Bonchev–Trinajstić information content (AvgIpc) is 2.74. The monoisotopic (exact) mass is 427 g/mol. The molecule has 1 aromatic heterocycles. The molecule has 4 rings (SSSR count). The van der Waals surface area contributed by atoms with Gasteiger partial charge in [-0.15, -0.1) is 0 Å². The van der Waals surface area contributed by atoms with Gasteiger partial charge < -0.3 is 20.7 Å². The molecule has 2 aliphatic heterocycles. The highest BCUT2D eigenvalue weighted by Gasteiger charge is 2.24. The van der Waals surface area contributed by atoms with Gasteiger partial charge in [0.15, 0.2) is 0 Å². The number of hydrogen-bond donors (Lipinski definition) is 3. The van der Waals surface area contributed by atoms with E-state index in [0.29, 0.717) is 18.8 Å². The van der Waals surface area contributed by atoms with Crippen molar-refractivity contribution in [3.05, 3.63) is 47.0 Å². The largest absolute Gasteiger partial charge is 0.489 e. The van der Waals surface area contributed by atoms with E-state index in [4.69, 9.17) is 10.5 Å². The molecule has 0 saturated carbocycles. The lowest BCUT2D eigenvalue weighted by Crippen LogP contribution is -2.57. The van der Waals surface area contributed by atoms with Crippen molar-refractivity contribution >= 4 is 11.8 Å². The van der Waals surface area contributed by atoms with Gasteiger partial charge in [0.2, 0.25) is 0 Å². The normalized spacial score (nSPS) is 18.3. The van der Waals surface area contributed by atoms with E-state index in [1.54, 1.807) is 17.2 Å². The average molecular weight is 428 g/mol. The summed E-state index contributed by atoms with van der Waals surface area (Å²) in [6, 6.07) is 8.93. The Balaban J connectivity index is 1.35. The first-order chi connectivity index (χ1) is 15.0. The minimum Gasteiger partial charge on any atom is -0.489 e. The number of hydrogen-bond acceptors (Lipinski definition) is 7. The summed E-state index contributed by atoms with van der Waals surface area (Å²) in [4.78, 5) is 32.7. The van der Waals surface area contributed by atoms with E-state index >= 15 is 0 Å². The first-order valence-electron chi connectivity index (χ1n) is 10.6. The fraction of sp³-hybridized carbons (Fsp3) is 0.476. The van der Waals surface area contributed by atoms with Crippen molar-refractivity contribution in [1.82, 2.24) is 24.7 Å². The Bertz CT molecular complexity index is 950. The van der Waals surface area contributed by atoms with E-state index in [-0.39, 0.29) is 24.0 Å². The SMILES string of the molecule is CC(CN1CC(N)C1)Oc1ccc(-n2ccc(NC(=O)N3CCNCC3)nc2=O)cc1. The number of likely N-dealkylation sites (tertiary alicyclic amines) is 1. The maximum atomic E-state index is 12.5. The zero-order valence-corrected chi connectivity index (χ0v) is 17.7. The number of nitrogens with zero attached hydrogens (tertiary/aromatic N) is 4. The van der Waals surface area contributed by atoms with E-state index in [2.05, 4.69) is 20.5 Å². The second-order valence-corrected chi connectivity index (χ2v) is 8.03. The zero-order valence-electron chi connectivity index (χ0n) is 17.7. The number of nitrogens with one attached hydrogen (secondary N) is 2.